The largest absolute Gasteiger partial charge is 0.465 e. The van der Waals surface area contributed by atoms with Gasteiger partial charge < -0.3 is 9.47 Å². The lowest BCUT2D eigenvalue weighted by molar-refractivity contribution is 0.473. The molecule has 0 bridgehead atoms. The zero-order chi connectivity index (χ0) is 18.2. The second kappa shape index (κ2) is 8.67. The molecule has 0 saturated heterocycles. The Balaban J connectivity index is 1.85. The molecule has 130 valence electrons. The molecule has 0 amide bonds. The first kappa shape index (κ1) is 17.5. The number of nitrogens with zero attached hydrogens (tertiary/aromatic N) is 1. The third kappa shape index (κ3) is 5.08. The zero-order valence-corrected chi connectivity index (χ0v) is 14.9. The molecular weight excluding hydrogens is 322 g/mol. The van der Waals surface area contributed by atoms with E-state index in [4.69, 9.17) is 9.47 Å². The van der Waals surface area contributed by atoms with Gasteiger partial charge in [-0.05, 0) is 50.2 Å². The quantitative estimate of drug-likeness (QED) is 0.319. The Labute approximate surface area is 154 Å². The van der Waals surface area contributed by atoms with Crippen molar-refractivity contribution in [1.29, 1.82) is 0 Å². The van der Waals surface area contributed by atoms with Crippen molar-refractivity contribution in [2.45, 2.75) is 13.8 Å². The topological polar surface area (TPSA) is 30.8 Å². The lowest BCUT2D eigenvalue weighted by Gasteiger charge is -2.10. The fourth-order valence-electron chi connectivity index (χ4n) is 2.24. The van der Waals surface area contributed by atoms with Crippen LogP contribution in [0.15, 0.2) is 102 Å². The van der Waals surface area contributed by atoms with Crippen molar-refractivity contribution in [2.24, 2.45) is 4.99 Å². The predicted octanol–water partition coefficient (Wildman–Crippen LogP) is 6.09. The highest BCUT2D eigenvalue weighted by molar-refractivity contribution is 5.96. The Bertz CT molecular complexity index is 883. The van der Waals surface area contributed by atoms with Crippen molar-refractivity contribution in [2.75, 3.05) is 0 Å². The van der Waals surface area contributed by atoms with E-state index in [1.165, 1.54) is 5.56 Å². The molecule has 0 fully saturated rings. The van der Waals surface area contributed by atoms with E-state index in [9.17, 15) is 0 Å². The summed E-state index contributed by atoms with van der Waals surface area (Å²) < 4.78 is 11.7. The molecule has 0 spiro atoms. The van der Waals surface area contributed by atoms with Gasteiger partial charge in [0, 0.05) is 5.57 Å². The fraction of sp³-hybridized carbons (Fsp3) is 0.0870. The molecule has 3 rings (SSSR count). The smallest absolute Gasteiger partial charge is 0.225 e. The van der Waals surface area contributed by atoms with Crippen molar-refractivity contribution in [1.82, 2.24) is 0 Å². The van der Waals surface area contributed by atoms with Crippen LogP contribution in [0.25, 0.3) is 0 Å². The van der Waals surface area contributed by atoms with Gasteiger partial charge in [0.1, 0.15) is 11.5 Å². The number of ether oxygens (including phenoxy) is 2. The lowest BCUT2D eigenvalue weighted by atomic mass is 10.2. The van der Waals surface area contributed by atoms with Gasteiger partial charge in [0.05, 0.1) is 11.9 Å². The minimum Gasteiger partial charge on any atom is -0.465 e. The number of aliphatic imine (C=N–C) groups is 1. The fourth-order valence-corrected chi connectivity index (χ4v) is 2.24. The summed E-state index contributed by atoms with van der Waals surface area (Å²) in [5.74, 6) is 1.99. The maximum atomic E-state index is 5.99. The minimum absolute atomic E-state index is 0.495. The van der Waals surface area contributed by atoms with Crippen molar-refractivity contribution in [3.05, 3.63) is 102 Å². The standard InChI is InChI=1S/C23H21NO2/c1-18-13-15-21(16-14-18)25-17-19(2)23(24-20-9-5-3-6-10-20)26-22-11-7-4-8-12-22/h3-17H,1-2H3/b19-17+,24-23-. The van der Waals surface area contributed by atoms with Crippen LogP contribution in [0.2, 0.25) is 0 Å². The van der Waals surface area contributed by atoms with Gasteiger partial charge in [-0.15, -0.1) is 0 Å². The van der Waals surface area contributed by atoms with Gasteiger partial charge in [-0.1, -0.05) is 54.1 Å². The summed E-state index contributed by atoms with van der Waals surface area (Å²) >= 11 is 0. The molecule has 3 aromatic carbocycles. The summed E-state index contributed by atoms with van der Waals surface area (Å²) in [6.07, 6.45) is 1.66. The van der Waals surface area contributed by atoms with Gasteiger partial charge in [0.25, 0.3) is 0 Å². The Morgan fingerprint density at radius 3 is 2.04 bits per heavy atom. The maximum absolute atomic E-state index is 5.99. The van der Waals surface area contributed by atoms with Crippen LogP contribution in [0, 0.1) is 6.92 Å². The van der Waals surface area contributed by atoms with E-state index in [0.29, 0.717) is 5.90 Å². The van der Waals surface area contributed by atoms with E-state index in [1.807, 2.05) is 98.8 Å². The van der Waals surface area contributed by atoms with Gasteiger partial charge in [0.15, 0.2) is 0 Å². The second-order valence-corrected chi connectivity index (χ2v) is 5.90. The molecule has 3 aromatic rings. The van der Waals surface area contributed by atoms with E-state index in [0.717, 1.165) is 22.8 Å². The second-order valence-electron chi connectivity index (χ2n) is 5.90. The van der Waals surface area contributed by atoms with Crippen LogP contribution >= 0.6 is 0 Å². The van der Waals surface area contributed by atoms with Crippen LogP contribution in [-0.2, 0) is 0 Å². The van der Waals surface area contributed by atoms with Gasteiger partial charge in [-0.25, -0.2) is 4.99 Å². The van der Waals surface area contributed by atoms with Gasteiger partial charge in [-0.2, -0.15) is 0 Å². The molecule has 0 atom stereocenters. The summed E-state index contributed by atoms with van der Waals surface area (Å²) in [6, 6.07) is 27.2. The first-order valence-corrected chi connectivity index (χ1v) is 8.48. The minimum atomic E-state index is 0.495. The van der Waals surface area contributed by atoms with Crippen molar-refractivity contribution >= 4 is 11.6 Å². The zero-order valence-electron chi connectivity index (χ0n) is 14.9. The summed E-state index contributed by atoms with van der Waals surface area (Å²) in [5, 5.41) is 0. The van der Waals surface area contributed by atoms with Crippen LogP contribution < -0.4 is 9.47 Å². The molecule has 3 nitrogen and oxygen atoms in total. The number of hydrogen-bond acceptors (Lipinski definition) is 3. The number of aryl methyl sites for hydroxylation is 1. The molecule has 26 heavy (non-hydrogen) atoms. The Morgan fingerprint density at radius 2 is 1.38 bits per heavy atom. The van der Waals surface area contributed by atoms with Crippen molar-refractivity contribution in [3.8, 4) is 11.5 Å². The third-order valence-electron chi connectivity index (χ3n) is 3.67. The number of hydrogen-bond donors (Lipinski definition) is 0. The van der Waals surface area contributed by atoms with E-state index < -0.39 is 0 Å². The molecule has 0 aliphatic carbocycles. The molecule has 0 aromatic heterocycles. The van der Waals surface area contributed by atoms with E-state index in [2.05, 4.69) is 4.99 Å². The highest BCUT2D eigenvalue weighted by Crippen LogP contribution is 2.18. The molecule has 0 heterocycles. The van der Waals surface area contributed by atoms with Crippen LogP contribution in [0.3, 0.4) is 0 Å². The average Bonchev–Trinajstić information content (AvgIpc) is 2.68. The maximum Gasteiger partial charge on any atom is 0.225 e. The average molecular weight is 343 g/mol. The number of benzene rings is 3. The van der Waals surface area contributed by atoms with Crippen LogP contribution in [0.5, 0.6) is 11.5 Å². The highest BCUT2D eigenvalue weighted by Gasteiger charge is 2.07. The Kier molecular flexibility index (Phi) is 5.84. The van der Waals surface area contributed by atoms with Gasteiger partial charge >= 0.3 is 0 Å². The molecule has 0 radical (unpaired) electrons. The van der Waals surface area contributed by atoms with E-state index >= 15 is 0 Å². The molecule has 0 aliphatic rings. The molecule has 0 aliphatic heterocycles. The summed E-state index contributed by atoms with van der Waals surface area (Å²) in [6.45, 7) is 3.96. The first-order valence-electron chi connectivity index (χ1n) is 8.48. The van der Waals surface area contributed by atoms with E-state index in [1.54, 1.807) is 6.26 Å². The Morgan fingerprint density at radius 1 is 0.769 bits per heavy atom. The molecular formula is C23H21NO2. The molecule has 3 heteroatoms. The van der Waals surface area contributed by atoms with Crippen LogP contribution in [-0.4, -0.2) is 5.90 Å². The predicted molar refractivity (Wildman–Crippen MR) is 106 cm³/mol. The Hall–Kier alpha value is -3.33. The van der Waals surface area contributed by atoms with Crippen molar-refractivity contribution in [3.63, 3.8) is 0 Å². The molecule has 0 saturated carbocycles. The molecule has 0 N–H and O–H groups in total. The van der Waals surface area contributed by atoms with Crippen LogP contribution in [0.4, 0.5) is 5.69 Å². The first-order chi connectivity index (χ1) is 12.7. The monoisotopic (exact) mass is 343 g/mol. The number of rotatable bonds is 5. The van der Waals surface area contributed by atoms with Gasteiger partial charge in [0.2, 0.25) is 5.90 Å². The SMILES string of the molecule is CC(=C\Oc1ccc(C)cc1)/C(=N/c1ccccc1)Oc1ccccc1. The normalized spacial score (nSPS) is 11.9. The third-order valence-corrected chi connectivity index (χ3v) is 3.67. The van der Waals surface area contributed by atoms with Crippen LogP contribution in [0.1, 0.15) is 12.5 Å². The summed E-state index contributed by atoms with van der Waals surface area (Å²) in [7, 11) is 0. The molecule has 0 unspecified atom stereocenters. The summed E-state index contributed by atoms with van der Waals surface area (Å²) in [4.78, 5) is 4.63. The lowest BCUT2D eigenvalue weighted by Crippen LogP contribution is -2.10. The highest BCUT2D eigenvalue weighted by atomic mass is 16.5. The number of para-hydroxylation sites is 2. The summed E-state index contributed by atoms with van der Waals surface area (Å²) in [5.41, 5.74) is 2.80. The van der Waals surface area contributed by atoms with Gasteiger partial charge in [-0.3, -0.25) is 0 Å². The van der Waals surface area contributed by atoms with E-state index in [-0.39, 0.29) is 0 Å². The van der Waals surface area contributed by atoms with Crippen molar-refractivity contribution < 1.29 is 9.47 Å².